The zero-order valence-corrected chi connectivity index (χ0v) is 10.2. The SMILES string of the molecule is Fc1ccccc1CSc1nc2ncccc2o1. The van der Waals surface area contributed by atoms with E-state index in [9.17, 15) is 4.39 Å². The Morgan fingerprint density at radius 1 is 1.17 bits per heavy atom. The summed E-state index contributed by atoms with van der Waals surface area (Å²) in [6, 6.07) is 10.3. The number of aromatic nitrogens is 2. The van der Waals surface area contributed by atoms with Crippen molar-refractivity contribution in [3.8, 4) is 0 Å². The van der Waals surface area contributed by atoms with E-state index in [0.717, 1.165) is 0 Å². The summed E-state index contributed by atoms with van der Waals surface area (Å²) in [5.41, 5.74) is 1.86. The molecule has 3 rings (SSSR count). The van der Waals surface area contributed by atoms with E-state index in [4.69, 9.17) is 4.42 Å². The van der Waals surface area contributed by atoms with Crippen LogP contribution in [0.2, 0.25) is 0 Å². The molecule has 0 N–H and O–H groups in total. The van der Waals surface area contributed by atoms with Crippen LogP contribution >= 0.6 is 11.8 Å². The van der Waals surface area contributed by atoms with Crippen LogP contribution in [0, 0.1) is 5.82 Å². The number of rotatable bonds is 3. The number of halogens is 1. The molecule has 0 spiro atoms. The lowest BCUT2D eigenvalue weighted by Crippen LogP contribution is -1.86. The molecule has 90 valence electrons. The van der Waals surface area contributed by atoms with E-state index in [1.165, 1.54) is 17.8 Å². The number of oxazole rings is 1. The molecule has 0 radical (unpaired) electrons. The highest BCUT2D eigenvalue weighted by molar-refractivity contribution is 7.98. The van der Waals surface area contributed by atoms with E-state index in [1.54, 1.807) is 24.4 Å². The first-order chi connectivity index (χ1) is 8.83. The standard InChI is InChI=1S/C13H9FN2OS/c14-10-5-2-1-4-9(10)8-18-13-16-12-11(17-13)6-3-7-15-12/h1-7H,8H2. The molecule has 0 amide bonds. The number of pyridine rings is 1. The van der Waals surface area contributed by atoms with Crippen LogP contribution in [0.15, 0.2) is 52.2 Å². The molecule has 3 nitrogen and oxygen atoms in total. The molecule has 5 heteroatoms. The molecule has 3 aromatic rings. The lowest BCUT2D eigenvalue weighted by atomic mass is 10.2. The van der Waals surface area contributed by atoms with Gasteiger partial charge in [-0.25, -0.2) is 9.37 Å². The molecule has 2 aromatic heterocycles. The highest BCUT2D eigenvalue weighted by atomic mass is 32.2. The van der Waals surface area contributed by atoms with Crippen LogP contribution < -0.4 is 0 Å². The molecule has 0 saturated carbocycles. The van der Waals surface area contributed by atoms with Gasteiger partial charge in [0.1, 0.15) is 5.82 Å². The zero-order valence-electron chi connectivity index (χ0n) is 9.34. The van der Waals surface area contributed by atoms with Crippen molar-refractivity contribution in [1.29, 1.82) is 0 Å². The van der Waals surface area contributed by atoms with E-state index < -0.39 is 0 Å². The summed E-state index contributed by atoms with van der Waals surface area (Å²) < 4.78 is 18.9. The summed E-state index contributed by atoms with van der Waals surface area (Å²) in [7, 11) is 0. The zero-order chi connectivity index (χ0) is 12.4. The average Bonchev–Trinajstić information content (AvgIpc) is 2.80. The molecule has 0 aliphatic heterocycles. The van der Waals surface area contributed by atoms with Crippen LogP contribution in [0.5, 0.6) is 0 Å². The number of hydrogen-bond donors (Lipinski definition) is 0. The fourth-order valence-electron chi connectivity index (χ4n) is 1.57. The third kappa shape index (κ3) is 2.22. The number of nitrogens with zero attached hydrogens (tertiary/aromatic N) is 2. The molecule has 2 heterocycles. The Hall–Kier alpha value is -1.88. The fraction of sp³-hybridized carbons (Fsp3) is 0.0769. The molecule has 0 aliphatic rings. The van der Waals surface area contributed by atoms with Gasteiger partial charge in [-0.2, -0.15) is 4.98 Å². The van der Waals surface area contributed by atoms with E-state index >= 15 is 0 Å². The van der Waals surface area contributed by atoms with Gasteiger partial charge in [0.15, 0.2) is 11.2 Å². The minimum Gasteiger partial charge on any atom is -0.430 e. The second-order valence-electron chi connectivity index (χ2n) is 3.69. The molecule has 18 heavy (non-hydrogen) atoms. The normalized spacial score (nSPS) is 10.9. The van der Waals surface area contributed by atoms with Crippen molar-refractivity contribution in [1.82, 2.24) is 9.97 Å². The first-order valence-corrected chi connectivity index (χ1v) is 6.39. The highest BCUT2D eigenvalue weighted by Crippen LogP contribution is 2.25. The van der Waals surface area contributed by atoms with Crippen molar-refractivity contribution < 1.29 is 8.81 Å². The third-order valence-electron chi connectivity index (χ3n) is 2.45. The van der Waals surface area contributed by atoms with Gasteiger partial charge in [-0.1, -0.05) is 30.0 Å². The van der Waals surface area contributed by atoms with Gasteiger partial charge in [0, 0.05) is 11.9 Å². The Kier molecular flexibility index (Phi) is 2.98. The summed E-state index contributed by atoms with van der Waals surface area (Å²) >= 11 is 1.36. The molecule has 0 aliphatic carbocycles. The van der Waals surface area contributed by atoms with Crippen LogP contribution in [-0.2, 0) is 5.75 Å². The van der Waals surface area contributed by atoms with Crippen molar-refractivity contribution in [3.05, 3.63) is 54.0 Å². The summed E-state index contributed by atoms with van der Waals surface area (Å²) in [5, 5.41) is 0.506. The van der Waals surface area contributed by atoms with Crippen LogP contribution in [-0.4, -0.2) is 9.97 Å². The van der Waals surface area contributed by atoms with E-state index in [0.29, 0.717) is 27.8 Å². The van der Waals surface area contributed by atoms with Gasteiger partial charge in [0.05, 0.1) is 0 Å². The smallest absolute Gasteiger partial charge is 0.258 e. The summed E-state index contributed by atoms with van der Waals surface area (Å²) in [4.78, 5) is 8.30. The van der Waals surface area contributed by atoms with Crippen molar-refractivity contribution in [3.63, 3.8) is 0 Å². The number of thioether (sulfide) groups is 1. The largest absolute Gasteiger partial charge is 0.430 e. The fourth-order valence-corrected chi connectivity index (χ4v) is 2.38. The van der Waals surface area contributed by atoms with E-state index in [1.807, 2.05) is 12.1 Å². The second-order valence-corrected chi connectivity index (χ2v) is 4.61. The van der Waals surface area contributed by atoms with Gasteiger partial charge in [0.25, 0.3) is 5.22 Å². The van der Waals surface area contributed by atoms with Gasteiger partial charge in [0.2, 0.25) is 0 Å². The van der Waals surface area contributed by atoms with Crippen LogP contribution in [0.4, 0.5) is 4.39 Å². The number of benzene rings is 1. The average molecular weight is 260 g/mol. The molecular formula is C13H9FN2OS. The number of hydrogen-bond acceptors (Lipinski definition) is 4. The van der Waals surface area contributed by atoms with Gasteiger partial charge < -0.3 is 4.42 Å². The molecular weight excluding hydrogens is 251 g/mol. The maximum absolute atomic E-state index is 13.4. The third-order valence-corrected chi connectivity index (χ3v) is 3.33. The second kappa shape index (κ2) is 4.78. The first-order valence-electron chi connectivity index (χ1n) is 5.41. The van der Waals surface area contributed by atoms with Gasteiger partial charge >= 0.3 is 0 Å². The Labute approximate surface area is 107 Å². The summed E-state index contributed by atoms with van der Waals surface area (Å²) in [5.74, 6) is 0.277. The topological polar surface area (TPSA) is 38.9 Å². The Balaban J connectivity index is 1.79. The molecule has 0 bridgehead atoms. The highest BCUT2D eigenvalue weighted by Gasteiger charge is 2.08. The van der Waals surface area contributed by atoms with Crippen molar-refractivity contribution in [2.75, 3.05) is 0 Å². The predicted molar refractivity (Wildman–Crippen MR) is 67.8 cm³/mol. The van der Waals surface area contributed by atoms with Crippen LogP contribution in [0.25, 0.3) is 11.2 Å². The lowest BCUT2D eigenvalue weighted by molar-refractivity contribution is 0.489. The van der Waals surface area contributed by atoms with Crippen molar-refractivity contribution in [2.24, 2.45) is 0 Å². The van der Waals surface area contributed by atoms with Crippen molar-refractivity contribution in [2.45, 2.75) is 11.0 Å². The molecule has 0 fully saturated rings. The van der Waals surface area contributed by atoms with E-state index in [2.05, 4.69) is 9.97 Å². The summed E-state index contributed by atoms with van der Waals surface area (Å²) in [6.45, 7) is 0. The molecule has 0 atom stereocenters. The Morgan fingerprint density at radius 2 is 2.06 bits per heavy atom. The lowest BCUT2D eigenvalue weighted by Gasteiger charge is -1.99. The molecule has 0 unspecified atom stereocenters. The van der Waals surface area contributed by atoms with Gasteiger partial charge in [-0.05, 0) is 23.8 Å². The van der Waals surface area contributed by atoms with Crippen molar-refractivity contribution >= 4 is 23.0 Å². The van der Waals surface area contributed by atoms with Crippen LogP contribution in [0.3, 0.4) is 0 Å². The monoisotopic (exact) mass is 260 g/mol. The van der Waals surface area contributed by atoms with Gasteiger partial charge in [-0.15, -0.1) is 0 Å². The predicted octanol–water partition coefficient (Wildman–Crippen LogP) is 3.65. The maximum Gasteiger partial charge on any atom is 0.258 e. The summed E-state index contributed by atoms with van der Waals surface area (Å²) in [6.07, 6.45) is 1.66. The quantitative estimate of drug-likeness (QED) is 0.674. The Bertz CT molecular complexity index is 650. The minimum absolute atomic E-state index is 0.209. The minimum atomic E-state index is -0.209. The Morgan fingerprint density at radius 3 is 2.89 bits per heavy atom. The molecule has 0 saturated heterocycles. The van der Waals surface area contributed by atoms with E-state index in [-0.39, 0.29) is 5.82 Å². The molecule has 1 aromatic carbocycles. The number of fused-ring (bicyclic) bond motifs is 1. The first kappa shape index (κ1) is 11.2. The van der Waals surface area contributed by atoms with Crippen LogP contribution in [0.1, 0.15) is 5.56 Å². The van der Waals surface area contributed by atoms with Gasteiger partial charge in [-0.3, -0.25) is 0 Å². The maximum atomic E-state index is 13.4.